The molecule has 1 aromatic carbocycles. The van der Waals surface area contributed by atoms with Gasteiger partial charge < -0.3 is 19.9 Å². The van der Waals surface area contributed by atoms with E-state index in [0.717, 1.165) is 32.1 Å². The number of nitrogens with one attached hydrogen (secondary N) is 1. The summed E-state index contributed by atoms with van der Waals surface area (Å²) in [5, 5.41) is 17.5. The molecule has 1 heterocycles. The number of anilines is 2. The van der Waals surface area contributed by atoms with Gasteiger partial charge >= 0.3 is 5.97 Å². The summed E-state index contributed by atoms with van der Waals surface area (Å²) in [4.78, 5) is 25.2. The summed E-state index contributed by atoms with van der Waals surface area (Å²) in [5.41, 5.74) is -0.0409. The molecule has 4 aliphatic rings. The lowest BCUT2D eigenvalue weighted by atomic mass is 9.46. The standard InChI is InChI=1S/C26H32ClN3O5/c1-3-34-18-5-6-21(35-4-2)19(8-18)29-20-14-28-30(24(33)23(20)27)26-11-16-7-17(12-26)10-25(9-16,15-26)13-22(31)32/h5-6,8,14,16-17,29H,3-4,7,9-13,15H2,1-2H3,(H,31,32)/t16-,17+,25?,26?. The second-order valence-electron chi connectivity index (χ2n) is 10.5. The van der Waals surface area contributed by atoms with Crippen molar-refractivity contribution in [2.24, 2.45) is 17.3 Å². The number of benzene rings is 1. The summed E-state index contributed by atoms with van der Waals surface area (Å²) in [6.45, 7) is 4.83. The zero-order valence-electron chi connectivity index (χ0n) is 20.2. The van der Waals surface area contributed by atoms with Crippen molar-refractivity contribution in [1.29, 1.82) is 0 Å². The molecule has 2 unspecified atom stereocenters. The third-order valence-corrected chi connectivity index (χ3v) is 8.24. The molecular weight excluding hydrogens is 470 g/mol. The molecule has 1 aromatic heterocycles. The van der Waals surface area contributed by atoms with Crippen molar-refractivity contribution in [3.63, 3.8) is 0 Å². The van der Waals surface area contributed by atoms with Crippen LogP contribution >= 0.6 is 11.6 Å². The van der Waals surface area contributed by atoms with Crippen molar-refractivity contribution in [3.05, 3.63) is 39.8 Å². The van der Waals surface area contributed by atoms with Crippen molar-refractivity contribution in [3.8, 4) is 11.5 Å². The SMILES string of the molecule is CCOc1ccc(OCC)c(Nc2cnn(C34C[C@@H]5C[C@@H](CC(CC(=O)O)(C5)C3)C4)c(=O)c2Cl)c1. The fraction of sp³-hybridized carbons (Fsp3) is 0.577. The topological polar surface area (TPSA) is 103 Å². The van der Waals surface area contributed by atoms with Crippen molar-refractivity contribution in [2.45, 2.75) is 64.3 Å². The zero-order valence-corrected chi connectivity index (χ0v) is 20.9. The average Bonchev–Trinajstić information content (AvgIpc) is 2.77. The molecule has 2 N–H and O–H groups in total. The largest absolute Gasteiger partial charge is 0.494 e. The number of hydrogen-bond acceptors (Lipinski definition) is 6. The smallest absolute Gasteiger partial charge is 0.303 e. The minimum absolute atomic E-state index is 0.0623. The number of aromatic nitrogens is 2. The first-order valence-electron chi connectivity index (χ1n) is 12.4. The summed E-state index contributed by atoms with van der Waals surface area (Å²) in [6, 6.07) is 5.46. The maximum Gasteiger partial charge on any atom is 0.303 e. The maximum absolute atomic E-state index is 13.6. The van der Waals surface area contributed by atoms with Gasteiger partial charge in [-0.25, -0.2) is 4.68 Å². The fourth-order valence-electron chi connectivity index (χ4n) is 7.32. The van der Waals surface area contributed by atoms with Crippen molar-refractivity contribution in [2.75, 3.05) is 18.5 Å². The van der Waals surface area contributed by atoms with Crippen LogP contribution in [0, 0.1) is 17.3 Å². The van der Waals surface area contributed by atoms with Gasteiger partial charge in [-0.3, -0.25) is 9.59 Å². The van der Waals surface area contributed by atoms with E-state index in [9.17, 15) is 14.7 Å². The number of halogens is 1. The monoisotopic (exact) mass is 501 g/mol. The normalized spacial score (nSPS) is 28.7. The van der Waals surface area contributed by atoms with Gasteiger partial charge in [-0.1, -0.05) is 11.6 Å². The van der Waals surface area contributed by atoms with Crippen LogP contribution in [0.2, 0.25) is 5.02 Å². The highest BCUT2D eigenvalue weighted by atomic mass is 35.5. The van der Waals surface area contributed by atoms with E-state index >= 15 is 0 Å². The average molecular weight is 502 g/mol. The second-order valence-corrected chi connectivity index (χ2v) is 10.9. The third kappa shape index (κ3) is 4.37. The lowest BCUT2D eigenvalue weighted by molar-refractivity contribution is -0.151. The van der Waals surface area contributed by atoms with E-state index in [2.05, 4.69) is 10.4 Å². The summed E-state index contributed by atoms with van der Waals surface area (Å²) >= 11 is 6.64. The Morgan fingerprint density at radius 3 is 2.54 bits per heavy atom. The Bertz CT molecular complexity index is 1180. The number of nitrogens with zero attached hydrogens (tertiary/aromatic N) is 2. The number of carboxylic acids is 1. The number of carboxylic acid groups (broad SMARTS) is 1. The molecule has 8 nitrogen and oxygen atoms in total. The molecule has 0 radical (unpaired) electrons. The number of rotatable bonds is 9. The van der Waals surface area contributed by atoms with Gasteiger partial charge in [0.15, 0.2) is 0 Å². The van der Waals surface area contributed by atoms with E-state index in [4.69, 9.17) is 21.1 Å². The molecule has 0 amide bonds. The lowest BCUT2D eigenvalue weighted by Crippen LogP contribution is -2.59. The maximum atomic E-state index is 13.6. The molecule has 6 rings (SSSR count). The second kappa shape index (κ2) is 9.04. The van der Waals surface area contributed by atoms with Crippen LogP contribution in [0.15, 0.2) is 29.2 Å². The highest BCUT2D eigenvalue weighted by Gasteiger charge is 2.59. The Hall–Kier alpha value is -2.74. The first kappa shape index (κ1) is 24.0. The molecule has 2 aromatic rings. The van der Waals surface area contributed by atoms with Crippen LogP contribution in [-0.4, -0.2) is 34.1 Å². The molecule has 0 spiro atoms. The van der Waals surface area contributed by atoms with Crippen molar-refractivity contribution >= 4 is 28.9 Å². The molecule has 4 atom stereocenters. The first-order valence-corrected chi connectivity index (χ1v) is 12.8. The highest BCUT2D eigenvalue weighted by molar-refractivity contribution is 6.33. The first-order chi connectivity index (χ1) is 16.8. The minimum atomic E-state index is -0.764. The molecule has 4 bridgehead atoms. The van der Waals surface area contributed by atoms with Crippen LogP contribution in [0.1, 0.15) is 58.8 Å². The third-order valence-electron chi connectivity index (χ3n) is 7.88. The lowest BCUT2D eigenvalue weighted by Gasteiger charge is -2.61. The molecule has 4 aliphatic carbocycles. The zero-order chi connectivity index (χ0) is 24.8. The summed E-state index contributed by atoms with van der Waals surface area (Å²) in [5.74, 6) is 1.38. The molecular formula is C26H32ClN3O5. The van der Waals surface area contributed by atoms with Gasteiger partial charge in [0.2, 0.25) is 0 Å². The number of hydrogen-bond donors (Lipinski definition) is 2. The van der Waals surface area contributed by atoms with Gasteiger partial charge in [0.25, 0.3) is 5.56 Å². The van der Waals surface area contributed by atoms with Crippen LogP contribution in [0.4, 0.5) is 11.4 Å². The van der Waals surface area contributed by atoms with E-state index in [0.29, 0.717) is 54.3 Å². The number of carbonyl (C=O) groups is 1. The van der Waals surface area contributed by atoms with E-state index in [1.54, 1.807) is 10.9 Å². The van der Waals surface area contributed by atoms with E-state index in [1.807, 2.05) is 32.0 Å². The van der Waals surface area contributed by atoms with Gasteiger partial charge in [0, 0.05) is 6.07 Å². The van der Waals surface area contributed by atoms with Gasteiger partial charge in [0.1, 0.15) is 16.5 Å². The van der Waals surface area contributed by atoms with Gasteiger partial charge in [-0.05, 0) is 81.8 Å². The molecule has 4 saturated carbocycles. The van der Waals surface area contributed by atoms with Crippen molar-refractivity contribution < 1.29 is 19.4 Å². The highest BCUT2D eigenvalue weighted by Crippen LogP contribution is 2.65. The molecule has 0 saturated heterocycles. The summed E-state index contributed by atoms with van der Waals surface area (Å²) in [7, 11) is 0. The van der Waals surface area contributed by atoms with Gasteiger partial charge in [-0.15, -0.1) is 0 Å². The fourth-order valence-corrected chi connectivity index (χ4v) is 7.50. The molecule has 4 fully saturated rings. The van der Waals surface area contributed by atoms with Crippen LogP contribution in [0.25, 0.3) is 0 Å². The Morgan fingerprint density at radius 1 is 1.17 bits per heavy atom. The predicted molar refractivity (Wildman–Crippen MR) is 133 cm³/mol. The van der Waals surface area contributed by atoms with E-state index in [1.165, 1.54) is 0 Å². The van der Waals surface area contributed by atoms with Crippen LogP contribution in [-0.2, 0) is 10.3 Å². The Morgan fingerprint density at radius 2 is 1.89 bits per heavy atom. The van der Waals surface area contributed by atoms with E-state index < -0.39 is 11.5 Å². The van der Waals surface area contributed by atoms with Gasteiger partial charge in [0.05, 0.1) is 42.7 Å². The molecule has 0 aliphatic heterocycles. The Balaban J connectivity index is 1.48. The Labute approximate surface area is 209 Å². The van der Waals surface area contributed by atoms with E-state index in [-0.39, 0.29) is 22.4 Å². The molecule has 35 heavy (non-hydrogen) atoms. The summed E-state index contributed by atoms with van der Waals surface area (Å²) < 4.78 is 12.9. The van der Waals surface area contributed by atoms with Crippen molar-refractivity contribution in [1.82, 2.24) is 9.78 Å². The Kier molecular flexibility index (Phi) is 6.20. The molecule has 9 heteroatoms. The van der Waals surface area contributed by atoms with Crippen LogP contribution < -0.4 is 20.3 Å². The molecule has 188 valence electrons. The predicted octanol–water partition coefficient (Wildman–Crippen LogP) is 5.21. The quantitative estimate of drug-likeness (QED) is 0.486. The minimum Gasteiger partial charge on any atom is -0.494 e. The number of ether oxygens (including phenoxy) is 2. The number of aliphatic carboxylic acids is 1. The van der Waals surface area contributed by atoms with Crippen LogP contribution in [0.5, 0.6) is 11.5 Å². The van der Waals surface area contributed by atoms with Crippen LogP contribution in [0.3, 0.4) is 0 Å². The van der Waals surface area contributed by atoms with Gasteiger partial charge in [-0.2, -0.15) is 5.10 Å². The summed E-state index contributed by atoms with van der Waals surface area (Å²) in [6.07, 6.45) is 7.08.